The van der Waals surface area contributed by atoms with Crippen molar-refractivity contribution < 1.29 is 9.90 Å². The van der Waals surface area contributed by atoms with Crippen LogP contribution in [0.25, 0.3) is 0 Å². The summed E-state index contributed by atoms with van der Waals surface area (Å²) in [4.78, 5) is 11.9. The van der Waals surface area contributed by atoms with Gasteiger partial charge >= 0.3 is 0 Å². The maximum atomic E-state index is 11.9. The molecule has 1 N–H and O–H groups in total. The SMILES string of the molecule is C[C@H](CO)[C@H]1CC=C2C3=C(CC[C@@]21C)[C@@]1(C)CCC(=O)C=C1CC3. The lowest BCUT2D eigenvalue weighted by molar-refractivity contribution is -0.115. The van der Waals surface area contributed by atoms with Gasteiger partial charge in [0.05, 0.1) is 0 Å². The normalized spacial score (nSPS) is 39.7. The Morgan fingerprint density at radius 3 is 2.75 bits per heavy atom. The molecule has 0 saturated heterocycles. The summed E-state index contributed by atoms with van der Waals surface area (Å²) < 4.78 is 0. The van der Waals surface area contributed by atoms with E-state index in [4.69, 9.17) is 0 Å². The van der Waals surface area contributed by atoms with E-state index in [1.54, 1.807) is 16.7 Å². The minimum Gasteiger partial charge on any atom is -0.396 e. The Morgan fingerprint density at radius 2 is 2.00 bits per heavy atom. The highest BCUT2D eigenvalue weighted by Crippen LogP contribution is 2.62. The molecule has 4 atom stereocenters. The zero-order chi connectivity index (χ0) is 17.1. The van der Waals surface area contributed by atoms with E-state index in [9.17, 15) is 9.90 Å². The number of allylic oxidation sites excluding steroid dienone is 6. The molecule has 0 unspecified atom stereocenters. The first-order chi connectivity index (χ1) is 11.4. The van der Waals surface area contributed by atoms with Crippen molar-refractivity contribution in [3.63, 3.8) is 0 Å². The summed E-state index contributed by atoms with van der Waals surface area (Å²) >= 11 is 0. The molecule has 130 valence electrons. The molecule has 0 heterocycles. The highest BCUT2D eigenvalue weighted by Gasteiger charge is 2.51. The number of rotatable bonds is 2. The highest BCUT2D eigenvalue weighted by atomic mass is 16.3. The van der Waals surface area contributed by atoms with Gasteiger partial charge in [0.2, 0.25) is 0 Å². The fourth-order valence-corrected chi connectivity index (χ4v) is 6.22. The molecule has 0 bridgehead atoms. The second-order valence-electron chi connectivity index (χ2n) is 8.96. The lowest BCUT2D eigenvalue weighted by Crippen LogP contribution is -2.39. The van der Waals surface area contributed by atoms with Crippen LogP contribution in [0.15, 0.2) is 34.4 Å². The van der Waals surface area contributed by atoms with Crippen molar-refractivity contribution in [1.29, 1.82) is 0 Å². The molecule has 0 radical (unpaired) electrons. The smallest absolute Gasteiger partial charge is 0.155 e. The van der Waals surface area contributed by atoms with E-state index in [1.807, 2.05) is 6.08 Å². The molecule has 2 nitrogen and oxygen atoms in total. The first kappa shape index (κ1) is 16.3. The summed E-state index contributed by atoms with van der Waals surface area (Å²) in [6.45, 7) is 7.31. The van der Waals surface area contributed by atoms with E-state index in [0.717, 1.165) is 25.7 Å². The predicted molar refractivity (Wildman–Crippen MR) is 96.5 cm³/mol. The molecule has 4 aliphatic carbocycles. The monoisotopic (exact) mass is 326 g/mol. The van der Waals surface area contributed by atoms with E-state index in [-0.39, 0.29) is 10.8 Å². The van der Waals surface area contributed by atoms with Crippen molar-refractivity contribution in [2.75, 3.05) is 6.61 Å². The number of aliphatic hydroxyl groups excluding tert-OH is 1. The molecule has 0 aromatic heterocycles. The van der Waals surface area contributed by atoms with Crippen LogP contribution in [0.5, 0.6) is 0 Å². The molecule has 2 heteroatoms. The largest absolute Gasteiger partial charge is 0.396 e. The summed E-state index contributed by atoms with van der Waals surface area (Å²) in [5, 5.41) is 9.68. The zero-order valence-corrected chi connectivity index (χ0v) is 15.3. The lowest BCUT2D eigenvalue weighted by atomic mass is 9.54. The Labute approximate surface area is 145 Å². The number of ketones is 1. The molecule has 0 aromatic carbocycles. The fraction of sp³-hybridized carbons (Fsp3) is 0.682. The van der Waals surface area contributed by atoms with Gasteiger partial charge in [-0.25, -0.2) is 0 Å². The van der Waals surface area contributed by atoms with Gasteiger partial charge in [-0.3, -0.25) is 4.79 Å². The van der Waals surface area contributed by atoms with Crippen LogP contribution in [0.3, 0.4) is 0 Å². The Hall–Kier alpha value is -1.15. The van der Waals surface area contributed by atoms with Crippen LogP contribution in [0.1, 0.15) is 65.7 Å². The number of hydrogen-bond acceptors (Lipinski definition) is 2. The fourth-order valence-electron chi connectivity index (χ4n) is 6.22. The second-order valence-corrected chi connectivity index (χ2v) is 8.96. The molecule has 0 saturated carbocycles. The summed E-state index contributed by atoms with van der Waals surface area (Å²) in [6.07, 6.45) is 11.8. The van der Waals surface area contributed by atoms with Crippen molar-refractivity contribution in [3.8, 4) is 0 Å². The average molecular weight is 326 g/mol. The molecule has 0 fully saturated rings. The summed E-state index contributed by atoms with van der Waals surface area (Å²) in [5.41, 5.74) is 6.60. The lowest BCUT2D eigenvalue weighted by Gasteiger charge is -2.50. The quantitative estimate of drug-likeness (QED) is 0.795. The van der Waals surface area contributed by atoms with Crippen molar-refractivity contribution in [2.45, 2.75) is 65.7 Å². The van der Waals surface area contributed by atoms with Gasteiger partial charge in [-0.15, -0.1) is 0 Å². The van der Waals surface area contributed by atoms with Gasteiger partial charge in [-0.1, -0.05) is 38.0 Å². The van der Waals surface area contributed by atoms with Crippen LogP contribution in [0.4, 0.5) is 0 Å². The van der Waals surface area contributed by atoms with Crippen molar-refractivity contribution >= 4 is 5.78 Å². The van der Waals surface area contributed by atoms with Crippen LogP contribution in [-0.4, -0.2) is 17.5 Å². The predicted octanol–water partition coefficient (Wildman–Crippen LogP) is 4.75. The molecule has 0 amide bonds. The van der Waals surface area contributed by atoms with Gasteiger partial charge in [-0.05, 0) is 73.0 Å². The van der Waals surface area contributed by atoms with Crippen LogP contribution in [-0.2, 0) is 4.79 Å². The number of carbonyl (C=O) groups excluding carboxylic acids is 1. The Bertz CT molecular complexity index is 680. The molecule has 4 aliphatic rings. The van der Waals surface area contributed by atoms with Gasteiger partial charge in [0.1, 0.15) is 0 Å². The number of aliphatic hydroxyl groups is 1. The summed E-state index contributed by atoms with van der Waals surface area (Å²) in [6, 6.07) is 0. The van der Waals surface area contributed by atoms with Crippen LogP contribution >= 0.6 is 0 Å². The summed E-state index contributed by atoms with van der Waals surface area (Å²) in [5.74, 6) is 1.26. The number of fused-ring (bicyclic) bond motifs is 4. The van der Waals surface area contributed by atoms with Gasteiger partial charge in [0.15, 0.2) is 5.78 Å². The minimum absolute atomic E-state index is 0.129. The molecule has 0 aromatic rings. The topological polar surface area (TPSA) is 37.3 Å². The standard InChI is InChI=1S/C22H30O2/c1-14(13-23)18-6-7-19-17-5-4-15-12-16(24)8-10-21(15,2)20(17)9-11-22(18,19)3/h7,12,14,18,23H,4-6,8-11,13H2,1-3H3/t14-,18-,21+,22-/m1/s1. The van der Waals surface area contributed by atoms with Gasteiger partial charge < -0.3 is 5.11 Å². The Kier molecular flexibility index (Phi) is 3.69. The number of hydrogen-bond donors (Lipinski definition) is 1. The van der Waals surface area contributed by atoms with Gasteiger partial charge in [-0.2, -0.15) is 0 Å². The molecule has 0 spiro atoms. The maximum absolute atomic E-state index is 11.9. The third kappa shape index (κ3) is 2.08. The van der Waals surface area contributed by atoms with E-state index < -0.39 is 0 Å². The number of carbonyl (C=O) groups is 1. The Balaban J connectivity index is 1.76. The Morgan fingerprint density at radius 1 is 1.21 bits per heavy atom. The van der Waals surface area contributed by atoms with Gasteiger partial charge in [0, 0.05) is 18.4 Å². The van der Waals surface area contributed by atoms with Crippen LogP contribution in [0, 0.1) is 22.7 Å². The maximum Gasteiger partial charge on any atom is 0.155 e. The molecule has 4 rings (SSSR count). The van der Waals surface area contributed by atoms with Crippen molar-refractivity contribution in [1.82, 2.24) is 0 Å². The second kappa shape index (κ2) is 5.42. The molecular weight excluding hydrogens is 296 g/mol. The highest BCUT2D eigenvalue weighted by molar-refractivity contribution is 5.92. The summed E-state index contributed by atoms with van der Waals surface area (Å²) in [7, 11) is 0. The van der Waals surface area contributed by atoms with Crippen LogP contribution < -0.4 is 0 Å². The zero-order valence-electron chi connectivity index (χ0n) is 15.3. The van der Waals surface area contributed by atoms with Crippen molar-refractivity contribution in [3.05, 3.63) is 34.4 Å². The van der Waals surface area contributed by atoms with E-state index >= 15 is 0 Å². The molecule has 0 aliphatic heterocycles. The van der Waals surface area contributed by atoms with Crippen molar-refractivity contribution in [2.24, 2.45) is 22.7 Å². The van der Waals surface area contributed by atoms with Crippen LogP contribution in [0.2, 0.25) is 0 Å². The molecular formula is C22H30O2. The van der Waals surface area contributed by atoms with E-state index in [1.165, 1.54) is 18.4 Å². The van der Waals surface area contributed by atoms with E-state index in [2.05, 4.69) is 26.8 Å². The average Bonchev–Trinajstić information content (AvgIpc) is 2.92. The molecule has 24 heavy (non-hydrogen) atoms. The van der Waals surface area contributed by atoms with E-state index in [0.29, 0.717) is 30.6 Å². The van der Waals surface area contributed by atoms with Gasteiger partial charge in [0.25, 0.3) is 0 Å². The third-order valence-corrected chi connectivity index (χ3v) is 7.79. The first-order valence-electron chi connectivity index (χ1n) is 9.68. The minimum atomic E-state index is 0.129. The first-order valence-corrected chi connectivity index (χ1v) is 9.68. The third-order valence-electron chi connectivity index (χ3n) is 7.79.